The van der Waals surface area contributed by atoms with Crippen molar-refractivity contribution in [2.75, 3.05) is 20.3 Å². The zero-order valence-corrected chi connectivity index (χ0v) is 11.2. The van der Waals surface area contributed by atoms with Gasteiger partial charge in [0.2, 0.25) is 0 Å². The summed E-state index contributed by atoms with van der Waals surface area (Å²) in [5.74, 6) is 0.908. The van der Waals surface area contributed by atoms with Gasteiger partial charge in [0, 0.05) is 30.0 Å². The lowest BCUT2D eigenvalue weighted by molar-refractivity contribution is 0.178. The Balaban J connectivity index is 2.68. The minimum atomic E-state index is 0.228. The molecule has 0 amide bonds. The van der Waals surface area contributed by atoms with Crippen LogP contribution in [-0.4, -0.2) is 20.3 Å². The second-order valence-electron chi connectivity index (χ2n) is 3.12. The van der Waals surface area contributed by atoms with Crippen LogP contribution in [0.4, 0.5) is 0 Å². The highest BCUT2D eigenvalue weighted by Crippen LogP contribution is 2.18. The molecule has 0 bridgehead atoms. The number of methoxy groups -OCH3 is 1. The van der Waals surface area contributed by atoms with Crippen molar-refractivity contribution >= 4 is 22.9 Å². The molecule has 0 aliphatic rings. The van der Waals surface area contributed by atoms with Crippen molar-refractivity contribution in [1.29, 1.82) is 0 Å². The van der Waals surface area contributed by atoms with Gasteiger partial charge in [-0.3, -0.25) is 3.53 Å². The fourth-order valence-electron chi connectivity index (χ4n) is 1.32. The summed E-state index contributed by atoms with van der Waals surface area (Å²) in [7, 11) is 1.70. The van der Waals surface area contributed by atoms with Crippen molar-refractivity contribution < 1.29 is 9.47 Å². The van der Waals surface area contributed by atoms with Gasteiger partial charge in [0.15, 0.2) is 0 Å². The third-order valence-corrected chi connectivity index (χ3v) is 2.81. The largest absolute Gasteiger partial charge is 0.494 e. The summed E-state index contributed by atoms with van der Waals surface area (Å²) in [6, 6.07) is 8.30. The average molecular weight is 321 g/mol. The van der Waals surface area contributed by atoms with Crippen LogP contribution < -0.4 is 8.27 Å². The highest BCUT2D eigenvalue weighted by Gasteiger charge is 2.08. The second-order valence-corrected chi connectivity index (χ2v) is 3.74. The number of nitrogens with one attached hydrogen (secondary N) is 1. The molecular weight excluding hydrogens is 305 g/mol. The quantitative estimate of drug-likeness (QED) is 0.645. The van der Waals surface area contributed by atoms with Gasteiger partial charge in [-0.15, -0.1) is 0 Å². The molecule has 0 heterocycles. The van der Waals surface area contributed by atoms with E-state index in [9.17, 15) is 0 Å². The van der Waals surface area contributed by atoms with Gasteiger partial charge in [-0.1, -0.05) is 12.1 Å². The van der Waals surface area contributed by atoms with Gasteiger partial charge in [-0.2, -0.15) is 0 Å². The molecule has 0 fully saturated rings. The number of benzene rings is 1. The van der Waals surface area contributed by atoms with Gasteiger partial charge in [-0.25, -0.2) is 0 Å². The molecule has 4 heteroatoms. The first-order chi connectivity index (χ1) is 7.31. The van der Waals surface area contributed by atoms with Crippen molar-refractivity contribution in [2.24, 2.45) is 0 Å². The number of hydrogen-bond acceptors (Lipinski definition) is 3. The van der Waals surface area contributed by atoms with Crippen molar-refractivity contribution in [3.05, 3.63) is 29.8 Å². The lowest BCUT2D eigenvalue weighted by atomic mass is 10.1. The van der Waals surface area contributed by atoms with E-state index in [1.165, 1.54) is 5.56 Å². The minimum Gasteiger partial charge on any atom is -0.494 e. The van der Waals surface area contributed by atoms with Crippen molar-refractivity contribution in [1.82, 2.24) is 3.53 Å². The summed E-state index contributed by atoms with van der Waals surface area (Å²) in [5.41, 5.74) is 1.20. The van der Waals surface area contributed by atoms with Gasteiger partial charge in [0.05, 0.1) is 19.3 Å². The van der Waals surface area contributed by atoms with Crippen LogP contribution in [0.25, 0.3) is 0 Å². The number of rotatable bonds is 6. The molecule has 1 aromatic rings. The monoisotopic (exact) mass is 321 g/mol. The first kappa shape index (κ1) is 12.7. The van der Waals surface area contributed by atoms with Crippen LogP contribution in [0.2, 0.25) is 0 Å². The average Bonchev–Trinajstić information content (AvgIpc) is 2.28. The lowest BCUT2D eigenvalue weighted by Crippen LogP contribution is -2.16. The maximum absolute atomic E-state index is 5.38. The van der Waals surface area contributed by atoms with Gasteiger partial charge in [-0.05, 0) is 24.6 Å². The standard InChI is InChI=1S/C11H16INO2/c1-3-15-10-6-4-9(5-7-10)11(13-12)8-14-2/h4-7,11,13H,3,8H2,1-2H3. The molecule has 1 aromatic carbocycles. The predicted octanol–water partition coefficient (Wildman–Crippen LogP) is 2.71. The first-order valence-electron chi connectivity index (χ1n) is 4.89. The molecule has 15 heavy (non-hydrogen) atoms. The third-order valence-electron chi connectivity index (χ3n) is 2.06. The molecular formula is C11H16INO2. The summed E-state index contributed by atoms with van der Waals surface area (Å²) >= 11 is 2.14. The Bertz CT molecular complexity index is 276. The maximum Gasteiger partial charge on any atom is 0.119 e. The van der Waals surface area contributed by atoms with Crippen LogP contribution in [0.5, 0.6) is 5.75 Å². The summed E-state index contributed by atoms with van der Waals surface area (Å²) in [4.78, 5) is 0. The van der Waals surface area contributed by atoms with E-state index in [1.54, 1.807) is 7.11 Å². The van der Waals surface area contributed by atoms with Crippen molar-refractivity contribution in [3.63, 3.8) is 0 Å². The van der Waals surface area contributed by atoms with Crippen molar-refractivity contribution in [3.8, 4) is 5.75 Å². The Morgan fingerprint density at radius 3 is 2.47 bits per heavy atom. The summed E-state index contributed by atoms with van der Waals surface area (Å²) in [6.45, 7) is 3.34. The Morgan fingerprint density at radius 2 is 2.00 bits per heavy atom. The summed E-state index contributed by atoms with van der Waals surface area (Å²) in [6.07, 6.45) is 0. The minimum absolute atomic E-state index is 0.228. The molecule has 1 N–H and O–H groups in total. The van der Waals surface area contributed by atoms with E-state index < -0.39 is 0 Å². The molecule has 0 radical (unpaired) electrons. The fraction of sp³-hybridized carbons (Fsp3) is 0.455. The molecule has 0 spiro atoms. The molecule has 0 aliphatic carbocycles. The predicted molar refractivity (Wildman–Crippen MR) is 69.4 cm³/mol. The lowest BCUT2D eigenvalue weighted by Gasteiger charge is -2.14. The molecule has 84 valence electrons. The second kappa shape index (κ2) is 7.03. The number of hydrogen-bond donors (Lipinski definition) is 1. The highest BCUT2D eigenvalue weighted by atomic mass is 127. The van der Waals surface area contributed by atoms with Gasteiger partial charge in [0.1, 0.15) is 5.75 Å². The molecule has 1 rings (SSSR count). The van der Waals surface area contributed by atoms with Crippen LogP contribution in [0, 0.1) is 0 Å². The van der Waals surface area contributed by atoms with E-state index in [4.69, 9.17) is 9.47 Å². The first-order valence-corrected chi connectivity index (χ1v) is 5.97. The maximum atomic E-state index is 5.38. The van der Waals surface area contributed by atoms with Crippen LogP contribution in [0.3, 0.4) is 0 Å². The summed E-state index contributed by atoms with van der Waals surface area (Å²) in [5, 5.41) is 0. The number of ether oxygens (including phenoxy) is 2. The van der Waals surface area contributed by atoms with Crippen LogP contribution >= 0.6 is 22.9 Å². The molecule has 0 aliphatic heterocycles. The zero-order valence-electron chi connectivity index (χ0n) is 9.00. The van der Waals surface area contributed by atoms with Gasteiger partial charge >= 0.3 is 0 Å². The Hall–Kier alpha value is -0.330. The topological polar surface area (TPSA) is 30.5 Å². The van der Waals surface area contributed by atoms with Gasteiger partial charge in [0.25, 0.3) is 0 Å². The van der Waals surface area contributed by atoms with Crippen molar-refractivity contribution in [2.45, 2.75) is 13.0 Å². The molecule has 0 saturated carbocycles. The SMILES string of the molecule is CCOc1ccc(C(COC)NI)cc1. The molecule has 1 atom stereocenters. The van der Waals surface area contributed by atoms with Crippen LogP contribution in [0.15, 0.2) is 24.3 Å². The Labute approximate surface area is 105 Å². The molecule has 3 nitrogen and oxygen atoms in total. The third kappa shape index (κ3) is 3.96. The fourth-order valence-corrected chi connectivity index (χ4v) is 1.86. The normalized spacial score (nSPS) is 12.5. The van der Waals surface area contributed by atoms with E-state index in [1.807, 2.05) is 19.1 Å². The molecule has 0 aromatic heterocycles. The smallest absolute Gasteiger partial charge is 0.119 e. The van der Waals surface area contributed by atoms with Gasteiger partial charge < -0.3 is 9.47 Å². The van der Waals surface area contributed by atoms with E-state index in [-0.39, 0.29) is 6.04 Å². The van der Waals surface area contributed by atoms with E-state index in [2.05, 4.69) is 38.5 Å². The molecule has 0 saturated heterocycles. The molecule has 1 unspecified atom stereocenters. The van der Waals surface area contributed by atoms with Crippen LogP contribution in [-0.2, 0) is 4.74 Å². The summed E-state index contributed by atoms with van der Waals surface area (Å²) < 4.78 is 13.7. The zero-order chi connectivity index (χ0) is 11.1. The number of halogens is 1. The van der Waals surface area contributed by atoms with E-state index in [0.717, 1.165) is 5.75 Å². The highest BCUT2D eigenvalue weighted by molar-refractivity contribution is 14.1. The van der Waals surface area contributed by atoms with E-state index in [0.29, 0.717) is 13.2 Å². The van der Waals surface area contributed by atoms with Crippen LogP contribution in [0.1, 0.15) is 18.5 Å². The Morgan fingerprint density at radius 1 is 1.33 bits per heavy atom. The van der Waals surface area contributed by atoms with E-state index >= 15 is 0 Å². The Kier molecular flexibility index (Phi) is 5.97.